The number of halogens is 3. The Hall–Kier alpha value is -3.03. The maximum absolute atomic E-state index is 13.6. The number of rotatable bonds is 5. The Morgan fingerprint density at radius 3 is 2.47 bits per heavy atom. The summed E-state index contributed by atoms with van der Waals surface area (Å²) >= 11 is 0. The molecule has 0 spiro atoms. The monoisotopic (exact) mass is 524 g/mol. The van der Waals surface area contributed by atoms with Gasteiger partial charge in [0.1, 0.15) is 29.6 Å². The molecular weight excluding hydrogens is 501 g/mol. The van der Waals surface area contributed by atoms with Crippen molar-refractivity contribution in [1.29, 1.82) is 0 Å². The Morgan fingerprint density at radius 1 is 1.06 bits per heavy atom. The molecule has 1 saturated heterocycles. The highest BCUT2D eigenvalue weighted by molar-refractivity contribution is 7.89. The summed E-state index contributed by atoms with van der Waals surface area (Å²) in [5.74, 6) is 0.663. The fraction of sp³-hybridized carbons (Fsp3) is 0.435. The van der Waals surface area contributed by atoms with E-state index in [1.807, 2.05) is 0 Å². The fourth-order valence-corrected chi connectivity index (χ4v) is 6.18. The highest BCUT2D eigenvalue weighted by atomic mass is 32.2. The van der Waals surface area contributed by atoms with Crippen LogP contribution in [0.15, 0.2) is 29.3 Å². The van der Waals surface area contributed by atoms with Crippen LogP contribution in [0.4, 0.5) is 24.7 Å². The van der Waals surface area contributed by atoms with E-state index in [-0.39, 0.29) is 59.6 Å². The van der Waals surface area contributed by atoms with Crippen LogP contribution in [0.3, 0.4) is 0 Å². The largest absolute Gasteiger partial charge is 0.485 e. The maximum atomic E-state index is 13.6. The second kappa shape index (κ2) is 8.53. The number of anilines is 2. The van der Waals surface area contributed by atoms with Gasteiger partial charge in [-0.05, 0) is 42.5 Å². The Morgan fingerprint density at radius 2 is 1.78 bits per heavy atom. The molecule has 2 aliphatic heterocycles. The van der Waals surface area contributed by atoms with Gasteiger partial charge in [0.15, 0.2) is 11.5 Å². The molecule has 2 fully saturated rings. The zero-order valence-electron chi connectivity index (χ0n) is 19.0. The van der Waals surface area contributed by atoms with E-state index in [4.69, 9.17) is 14.2 Å². The number of aromatic amines is 1. The average molecular weight is 525 g/mol. The van der Waals surface area contributed by atoms with E-state index in [1.165, 1.54) is 10.4 Å². The third-order valence-electron chi connectivity index (χ3n) is 6.50. The molecule has 0 radical (unpaired) electrons. The third-order valence-corrected chi connectivity index (χ3v) is 8.42. The first-order valence-corrected chi connectivity index (χ1v) is 13.0. The Labute approximate surface area is 204 Å². The molecule has 1 aromatic carbocycles. The highest BCUT2D eigenvalue weighted by Gasteiger charge is 2.38. The summed E-state index contributed by atoms with van der Waals surface area (Å²) in [6.07, 6.45) is -1.94. The van der Waals surface area contributed by atoms with Crippen molar-refractivity contribution in [3.05, 3.63) is 35.5 Å². The van der Waals surface area contributed by atoms with Crippen LogP contribution in [0.1, 0.15) is 29.9 Å². The molecule has 0 bridgehead atoms. The lowest BCUT2D eigenvalue weighted by atomic mass is 10.0. The predicted octanol–water partition coefficient (Wildman–Crippen LogP) is 3.99. The van der Waals surface area contributed by atoms with Crippen LogP contribution < -0.4 is 14.8 Å². The summed E-state index contributed by atoms with van der Waals surface area (Å²) in [5, 5.41) is 3.19. The number of aromatic nitrogens is 2. The number of nitrogens with one attached hydrogen (secondary N) is 2. The Bertz CT molecular complexity index is 1430. The van der Waals surface area contributed by atoms with Crippen molar-refractivity contribution in [2.75, 3.05) is 44.8 Å². The van der Waals surface area contributed by atoms with E-state index >= 15 is 0 Å². The van der Waals surface area contributed by atoms with E-state index in [1.54, 1.807) is 12.1 Å². The van der Waals surface area contributed by atoms with Crippen LogP contribution in [0.2, 0.25) is 0 Å². The normalized spacial score (nSPS) is 19.0. The van der Waals surface area contributed by atoms with Crippen molar-refractivity contribution in [1.82, 2.24) is 14.3 Å². The predicted molar refractivity (Wildman–Crippen MR) is 123 cm³/mol. The van der Waals surface area contributed by atoms with Gasteiger partial charge in [-0.1, -0.05) is 0 Å². The van der Waals surface area contributed by atoms with Gasteiger partial charge in [-0.3, -0.25) is 0 Å². The number of benzene rings is 1. The van der Waals surface area contributed by atoms with Gasteiger partial charge in [0.2, 0.25) is 10.0 Å². The number of hydrogen-bond acceptors (Lipinski definition) is 7. The van der Waals surface area contributed by atoms with Crippen molar-refractivity contribution in [3.63, 3.8) is 0 Å². The maximum Gasteiger partial charge on any atom is 0.418 e. The van der Waals surface area contributed by atoms with Crippen LogP contribution in [-0.4, -0.2) is 62.2 Å². The number of alkyl halides is 3. The molecule has 13 heteroatoms. The molecule has 2 aromatic heterocycles. The van der Waals surface area contributed by atoms with Gasteiger partial charge >= 0.3 is 6.18 Å². The number of morpholine rings is 1. The molecule has 6 rings (SSSR count). The SMILES string of the molecule is O=S(=O)(c1ccc(Nc2cc(C3CC3)c3c(C(F)(F)F)c[nH]c3n2)c2c1OCCO2)N1CCOCC1. The molecule has 3 aliphatic rings. The van der Waals surface area contributed by atoms with E-state index in [2.05, 4.69) is 15.3 Å². The van der Waals surface area contributed by atoms with E-state index < -0.39 is 21.8 Å². The van der Waals surface area contributed by atoms with Gasteiger partial charge in [0, 0.05) is 24.7 Å². The molecule has 192 valence electrons. The summed E-state index contributed by atoms with van der Waals surface area (Å²) in [4.78, 5) is 7.01. The first-order chi connectivity index (χ1) is 17.2. The molecule has 36 heavy (non-hydrogen) atoms. The first-order valence-electron chi connectivity index (χ1n) is 11.6. The second-order valence-corrected chi connectivity index (χ2v) is 10.8. The summed E-state index contributed by atoms with van der Waals surface area (Å²) in [5.41, 5.74) is 0.382. The number of H-pyrrole nitrogens is 1. The molecule has 0 amide bonds. The minimum atomic E-state index is -4.50. The van der Waals surface area contributed by atoms with Gasteiger partial charge in [0.25, 0.3) is 0 Å². The second-order valence-electron chi connectivity index (χ2n) is 8.90. The summed E-state index contributed by atoms with van der Waals surface area (Å²) in [7, 11) is -3.85. The van der Waals surface area contributed by atoms with E-state index in [9.17, 15) is 21.6 Å². The lowest BCUT2D eigenvalue weighted by Crippen LogP contribution is -2.40. The number of pyridine rings is 1. The number of hydrogen-bond donors (Lipinski definition) is 2. The molecular formula is C23H23F3N4O5S. The number of nitrogens with zero attached hydrogens (tertiary/aromatic N) is 2. The van der Waals surface area contributed by atoms with Crippen molar-refractivity contribution in [2.24, 2.45) is 0 Å². The fourth-order valence-electron chi connectivity index (χ4n) is 4.65. The van der Waals surface area contributed by atoms with E-state index in [0.717, 1.165) is 19.0 Å². The lowest BCUT2D eigenvalue weighted by molar-refractivity contribution is -0.136. The van der Waals surface area contributed by atoms with Crippen LogP contribution in [0.25, 0.3) is 11.0 Å². The topological polar surface area (TPSA) is 106 Å². The molecule has 0 unspecified atom stereocenters. The van der Waals surface area contributed by atoms with Crippen molar-refractivity contribution in [2.45, 2.75) is 29.8 Å². The van der Waals surface area contributed by atoms with Crippen molar-refractivity contribution >= 4 is 32.6 Å². The van der Waals surface area contributed by atoms with Crippen molar-refractivity contribution < 1.29 is 35.8 Å². The van der Waals surface area contributed by atoms with Crippen LogP contribution in [0, 0.1) is 0 Å². The zero-order valence-corrected chi connectivity index (χ0v) is 19.8. The number of fused-ring (bicyclic) bond motifs is 2. The van der Waals surface area contributed by atoms with Crippen LogP contribution in [0.5, 0.6) is 11.5 Å². The molecule has 4 heterocycles. The van der Waals surface area contributed by atoms with Crippen molar-refractivity contribution in [3.8, 4) is 11.5 Å². The minimum absolute atomic E-state index is 0.00841. The van der Waals surface area contributed by atoms with Crippen LogP contribution in [-0.2, 0) is 20.9 Å². The Kier molecular flexibility index (Phi) is 5.54. The molecule has 1 aliphatic carbocycles. The lowest BCUT2D eigenvalue weighted by Gasteiger charge is -2.29. The Balaban J connectivity index is 1.40. The number of ether oxygens (including phenoxy) is 3. The third kappa shape index (κ3) is 4.04. The summed E-state index contributed by atoms with van der Waals surface area (Å²) in [6.45, 7) is 1.49. The molecule has 2 N–H and O–H groups in total. The highest BCUT2D eigenvalue weighted by Crippen LogP contribution is 2.48. The smallest absolute Gasteiger partial charge is 0.418 e. The van der Waals surface area contributed by atoms with Gasteiger partial charge in [-0.25, -0.2) is 13.4 Å². The van der Waals surface area contributed by atoms with Gasteiger partial charge in [-0.2, -0.15) is 17.5 Å². The van der Waals surface area contributed by atoms with Gasteiger partial charge in [-0.15, -0.1) is 0 Å². The standard InChI is InChI=1S/C23H23F3N4O5S/c24-23(25,26)15-12-27-22-19(15)14(13-1-2-13)11-18(29-22)28-16-3-4-17(21-20(16)34-9-10-35-21)36(31,32)30-5-7-33-8-6-30/h3-4,11-13H,1-2,5-10H2,(H2,27,28,29). The molecule has 1 saturated carbocycles. The first kappa shape index (κ1) is 23.4. The minimum Gasteiger partial charge on any atom is -0.485 e. The zero-order chi connectivity index (χ0) is 25.1. The average Bonchev–Trinajstić information content (AvgIpc) is 3.61. The quantitative estimate of drug-likeness (QED) is 0.520. The molecule has 9 nitrogen and oxygen atoms in total. The van der Waals surface area contributed by atoms with Gasteiger partial charge in [0.05, 0.1) is 24.5 Å². The summed E-state index contributed by atoms with van der Waals surface area (Å²) < 4.78 is 85.4. The van der Waals surface area contributed by atoms with Gasteiger partial charge < -0.3 is 24.5 Å². The number of sulfonamides is 1. The summed E-state index contributed by atoms with van der Waals surface area (Å²) in [6, 6.07) is 4.62. The molecule has 3 aromatic rings. The van der Waals surface area contributed by atoms with Crippen LogP contribution >= 0.6 is 0 Å². The molecule has 0 atom stereocenters. The van der Waals surface area contributed by atoms with E-state index in [0.29, 0.717) is 30.3 Å².